The zero-order valence-corrected chi connectivity index (χ0v) is 18.2. The molecule has 5 nitrogen and oxygen atoms in total. The maximum absolute atomic E-state index is 6.13. The summed E-state index contributed by atoms with van der Waals surface area (Å²) in [5.74, 6) is 1.71. The largest absolute Gasteiger partial charge is 0.373 e. The van der Waals surface area contributed by atoms with E-state index in [1.807, 2.05) is 7.05 Å². The zero-order chi connectivity index (χ0) is 19.9. The molecule has 0 amide bonds. The average Bonchev–Trinajstić information content (AvgIpc) is 3.18. The molecular weight excluding hydrogens is 368 g/mol. The van der Waals surface area contributed by atoms with Crippen molar-refractivity contribution in [2.75, 3.05) is 20.2 Å². The second-order valence-electron chi connectivity index (χ2n) is 7.73. The summed E-state index contributed by atoms with van der Waals surface area (Å²) in [6.45, 7) is 8.83. The minimum Gasteiger partial charge on any atom is -0.373 e. The average molecular weight is 401 g/mol. The second kappa shape index (κ2) is 10.0. The van der Waals surface area contributed by atoms with Crippen LogP contribution in [0.3, 0.4) is 0 Å². The Kier molecular flexibility index (Phi) is 7.45. The van der Waals surface area contributed by atoms with Crippen LogP contribution in [0, 0.1) is 12.8 Å². The van der Waals surface area contributed by atoms with Crippen molar-refractivity contribution in [2.24, 2.45) is 10.9 Å². The number of hydrogen-bond donors (Lipinski definition) is 2. The first-order chi connectivity index (χ1) is 13.6. The van der Waals surface area contributed by atoms with Crippen LogP contribution < -0.4 is 10.6 Å². The molecule has 0 bridgehead atoms. The number of benzene rings is 1. The van der Waals surface area contributed by atoms with E-state index in [0.717, 1.165) is 42.7 Å². The van der Waals surface area contributed by atoms with Crippen molar-refractivity contribution in [1.29, 1.82) is 0 Å². The third-order valence-electron chi connectivity index (χ3n) is 5.17. The number of aliphatic imine (C=N–C) groups is 1. The predicted octanol–water partition coefficient (Wildman–Crippen LogP) is 4.41. The number of guanidine groups is 1. The number of ether oxygens (including phenoxy) is 1. The predicted molar refractivity (Wildman–Crippen MR) is 117 cm³/mol. The number of aromatic nitrogens is 1. The molecule has 2 N–H and O–H groups in total. The molecule has 0 radical (unpaired) electrons. The number of hydrogen-bond acceptors (Lipinski definition) is 4. The first kappa shape index (κ1) is 20.8. The van der Waals surface area contributed by atoms with Gasteiger partial charge in [-0.05, 0) is 31.2 Å². The first-order valence-electron chi connectivity index (χ1n) is 10.1. The van der Waals surface area contributed by atoms with Crippen molar-refractivity contribution in [1.82, 2.24) is 15.6 Å². The van der Waals surface area contributed by atoms with E-state index in [0.29, 0.717) is 18.4 Å². The van der Waals surface area contributed by atoms with Gasteiger partial charge in [-0.3, -0.25) is 4.99 Å². The van der Waals surface area contributed by atoms with Crippen LogP contribution in [0.1, 0.15) is 60.5 Å². The smallest absolute Gasteiger partial charge is 0.191 e. The summed E-state index contributed by atoms with van der Waals surface area (Å²) < 4.78 is 6.13. The normalized spacial score (nSPS) is 20.4. The highest BCUT2D eigenvalue weighted by Gasteiger charge is 2.27. The van der Waals surface area contributed by atoms with Crippen LogP contribution in [-0.2, 0) is 11.3 Å². The molecule has 1 aliphatic heterocycles. The zero-order valence-electron chi connectivity index (χ0n) is 17.4. The fraction of sp³-hybridized carbons (Fsp3) is 0.545. The Balaban J connectivity index is 1.54. The van der Waals surface area contributed by atoms with Crippen LogP contribution in [0.15, 0.2) is 34.6 Å². The van der Waals surface area contributed by atoms with Crippen LogP contribution >= 0.6 is 11.3 Å². The summed E-state index contributed by atoms with van der Waals surface area (Å²) in [7, 11) is 1.81. The quantitative estimate of drug-likeness (QED) is 0.557. The van der Waals surface area contributed by atoms with Gasteiger partial charge in [0.25, 0.3) is 0 Å². The maximum atomic E-state index is 6.13. The van der Waals surface area contributed by atoms with Crippen molar-refractivity contribution >= 4 is 17.3 Å². The fourth-order valence-electron chi connectivity index (χ4n) is 3.46. The lowest BCUT2D eigenvalue weighted by molar-refractivity contribution is -0.0265. The molecule has 2 heterocycles. The van der Waals surface area contributed by atoms with E-state index >= 15 is 0 Å². The monoisotopic (exact) mass is 400 g/mol. The third-order valence-corrected chi connectivity index (χ3v) is 6.04. The summed E-state index contributed by atoms with van der Waals surface area (Å²) in [6.07, 6.45) is 2.41. The van der Waals surface area contributed by atoms with Crippen LogP contribution in [0.5, 0.6) is 0 Å². The van der Waals surface area contributed by atoms with Gasteiger partial charge in [0.15, 0.2) is 5.96 Å². The Morgan fingerprint density at radius 2 is 2.07 bits per heavy atom. The topological polar surface area (TPSA) is 58.5 Å². The van der Waals surface area contributed by atoms with Crippen molar-refractivity contribution in [3.05, 3.63) is 51.5 Å². The van der Waals surface area contributed by atoms with Crippen molar-refractivity contribution in [3.63, 3.8) is 0 Å². The maximum Gasteiger partial charge on any atom is 0.191 e. The second-order valence-corrected chi connectivity index (χ2v) is 8.67. The van der Waals surface area contributed by atoms with Gasteiger partial charge < -0.3 is 15.4 Å². The van der Waals surface area contributed by atoms with E-state index in [1.54, 1.807) is 11.3 Å². The van der Waals surface area contributed by atoms with E-state index in [4.69, 9.17) is 4.74 Å². The van der Waals surface area contributed by atoms with Gasteiger partial charge in [-0.1, -0.05) is 43.7 Å². The Morgan fingerprint density at radius 1 is 1.29 bits per heavy atom. The lowest BCUT2D eigenvalue weighted by Gasteiger charge is -2.32. The number of nitrogens with zero attached hydrogens (tertiary/aromatic N) is 2. The summed E-state index contributed by atoms with van der Waals surface area (Å²) in [4.78, 5) is 9.05. The van der Waals surface area contributed by atoms with Crippen LogP contribution in [0.25, 0.3) is 0 Å². The van der Waals surface area contributed by atoms with Crippen molar-refractivity contribution in [3.8, 4) is 0 Å². The molecule has 6 heteroatoms. The molecule has 152 valence electrons. The molecule has 1 aromatic carbocycles. The summed E-state index contributed by atoms with van der Waals surface area (Å²) in [5, 5.41) is 10.1. The molecule has 0 saturated carbocycles. The van der Waals surface area contributed by atoms with Gasteiger partial charge in [0.05, 0.1) is 18.3 Å². The van der Waals surface area contributed by atoms with Gasteiger partial charge in [-0.25, -0.2) is 4.98 Å². The van der Waals surface area contributed by atoms with Gasteiger partial charge in [-0.2, -0.15) is 0 Å². The lowest BCUT2D eigenvalue weighted by atomic mass is 9.89. The van der Waals surface area contributed by atoms with Crippen LogP contribution in [0.4, 0.5) is 0 Å². The molecule has 1 fully saturated rings. The molecule has 1 saturated heterocycles. The number of nitrogens with one attached hydrogen (secondary N) is 2. The van der Waals surface area contributed by atoms with Gasteiger partial charge in [0, 0.05) is 31.5 Å². The van der Waals surface area contributed by atoms with E-state index in [1.165, 1.54) is 11.1 Å². The number of thiazole rings is 1. The highest BCUT2D eigenvalue weighted by molar-refractivity contribution is 7.09. The van der Waals surface area contributed by atoms with Crippen LogP contribution in [0.2, 0.25) is 0 Å². The lowest BCUT2D eigenvalue weighted by Crippen LogP contribution is -2.41. The molecule has 2 atom stereocenters. The molecule has 2 aromatic rings. The first-order valence-corrected chi connectivity index (χ1v) is 11.0. The Hall–Kier alpha value is -1.92. The molecule has 1 aliphatic rings. The Bertz CT molecular complexity index is 769. The van der Waals surface area contributed by atoms with Gasteiger partial charge >= 0.3 is 0 Å². The van der Waals surface area contributed by atoms with Crippen LogP contribution in [-0.4, -0.2) is 31.1 Å². The summed E-state index contributed by atoms with van der Waals surface area (Å²) in [5.41, 5.74) is 3.70. The van der Waals surface area contributed by atoms with Crippen molar-refractivity contribution < 1.29 is 4.74 Å². The minimum atomic E-state index is 0.146. The number of rotatable bonds is 6. The molecule has 28 heavy (non-hydrogen) atoms. The van der Waals surface area contributed by atoms with Gasteiger partial charge in [0.1, 0.15) is 5.01 Å². The van der Waals surface area contributed by atoms with E-state index in [9.17, 15) is 0 Å². The molecule has 0 aliphatic carbocycles. The summed E-state index contributed by atoms with van der Waals surface area (Å²) in [6, 6.07) is 8.72. The highest BCUT2D eigenvalue weighted by Crippen LogP contribution is 2.33. The van der Waals surface area contributed by atoms with Gasteiger partial charge in [-0.15, -0.1) is 11.3 Å². The molecule has 2 unspecified atom stereocenters. The molecular formula is C22H32N4OS. The van der Waals surface area contributed by atoms with E-state index < -0.39 is 0 Å². The highest BCUT2D eigenvalue weighted by atomic mass is 32.1. The Labute approximate surface area is 172 Å². The summed E-state index contributed by atoms with van der Waals surface area (Å²) >= 11 is 1.70. The standard InChI is InChI=1S/C22H32N4OS/c1-15(2)19-14-28-20(26-19)13-25-22(23-4)24-12-18-6-5-11-27-21(18)17-9-7-16(3)8-10-17/h7-10,14-15,18,21H,5-6,11-13H2,1-4H3,(H2,23,24,25). The molecule has 0 spiro atoms. The fourth-order valence-corrected chi connectivity index (χ4v) is 4.35. The van der Waals surface area contributed by atoms with Crippen molar-refractivity contribution in [2.45, 2.75) is 52.2 Å². The SMILES string of the molecule is CN=C(NCc1nc(C(C)C)cs1)NCC1CCCOC1c1ccc(C)cc1. The third kappa shape index (κ3) is 5.55. The molecule has 1 aromatic heterocycles. The Morgan fingerprint density at radius 3 is 2.75 bits per heavy atom. The minimum absolute atomic E-state index is 0.146. The van der Waals surface area contributed by atoms with Gasteiger partial charge in [0.2, 0.25) is 0 Å². The number of aryl methyl sites for hydroxylation is 1. The van der Waals surface area contributed by atoms with E-state index in [-0.39, 0.29) is 6.10 Å². The van der Waals surface area contributed by atoms with E-state index in [2.05, 4.69) is 71.0 Å². The molecule has 3 rings (SSSR count).